The highest BCUT2D eigenvalue weighted by molar-refractivity contribution is 7.80. The summed E-state index contributed by atoms with van der Waals surface area (Å²) in [6.45, 7) is 2.29. The molecule has 2 rings (SSSR count). The van der Waals surface area contributed by atoms with Crippen molar-refractivity contribution in [2.45, 2.75) is 6.92 Å². The minimum atomic E-state index is -0.519. The summed E-state index contributed by atoms with van der Waals surface area (Å²) >= 11 is 11.1. The summed E-state index contributed by atoms with van der Waals surface area (Å²) in [5, 5.41) is 16.3. The zero-order valence-corrected chi connectivity index (χ0v) is 14.7. The van der Waals surface area contributed by atoms with Crippen molar-refractivity contribution in [2.24, 2.45) is 0 Å². The van der Waals surface area contributed by atoms with Gasteiger partial charge in [-0.25, -0.2) is 0 Å². The lowest BCUT2D eigenvalue weighted by Crippen LogP contribution is -2.34. The average molecular weight is 380 g/mol. The van der Waals surface area contributed by atoms with Gasteiger partial charge in [0.25, 0.3) is 11.6 Å². The maximum absolute atomic E-state index is 12.2. The largest absolute Gasteiger partial charge is 0.492 e. The summed E-state index contributed by atoms with van der Waals surface area (Å²) in [7, 11) is 0. The third kappa shape index (κ3) is 5.13. The van der Waals surface area contributed by atoms with E-state index in [1.54, 1.807) is 18.2 Å². The number of thiocarbonyl (C=S) groups is 1. The van der Waals surface area contributed by atoms with Crippen LogP contribution in [0.5, 0.6) is 5.75 Å². The van der Waals surface area contributed by atoms with Gasteiger partial charge in [0.05, 0.1) is 16.6 Å². The van der Waals surface area contributed by atoms with Crippen LogP contribution in [-0.4, -0.2) is 22.5 Å². The van der Waals surface area contributed by atoms with Gasteiger partial charge in [-0.3, -0.25) is 20.2 Å². The number of hydrogen-bond donors (Lipinski definition) is 2. The van der Waals surface area contributed by atoms with E-state index in [4.69, 9.17) is 28.6 Å². The molecule has 0 bridgehead atoms. The van der Waals surface area contributed by atoms with E-state index in [1.165, 1.54) is 24.3 Å². The second kappa shape index (κ2) is 8.41. The van der Waals surface area contributed by atoms with E-state index >= 15 is 0 Å². The molecule has 0 spiro atoms. The quantitative estimate of drug-likeness (QED) is 0.466. The molecule has 0 saturated carbocycles. The van der Waals surface area contributed by atoms with Crippen molar-refractivity contribution in [2.75, 3.05) is 11.9 Å². The SMILES string of the molecule is CCOc1ccc(C(=O)NC(=S)Nc2cccc([N+](=O)[O-])c2)cc1Cl. The molecule has 0 aliphatic carbocycles. The van der Waals surface area contributed by atoms with Gasteiger partial charge in [-0.2, -0.15) is 0 Å². The van der Waals surface area contributed by atoms with Gasteiger partial charge in [-0.05, 0) is 43.4 Å². The fourth-order valence-corrected chi connectivity index (χ4v) is 2.40. The highest BCUT2D eigenvalue weighted by atomic mass is 35.5. The standard InChI is InChI=1S/C16H14ClN3O4S/c1-2-24-14-7-6-10(8-13(14)17)15(21)19-16(25)18-11-4-3-5-12(9-11)20(22)23/h3-9H,2H2,1H3,(H2,18,19,21,25). The number of rotatable bonds is 5. The monoisotopic (exact) mass is 379 g/mol. The van der Waals surface area contributed by atoms with Gasteiger partial charge < -0.3 is 10.1 Å². The Morgan fingerprint density at radius 3 is 2.72 bits per heavy atom. The van der Waals surface area contributed by atoms with E-state index in [-0.39, 0.29) is 10.8 Å². The molecule has 0 fully saturated rings. The minimum absolute atomic E-state index is 0.00973. The predicted molar refractivity (Wildman–Crippen MR) is 99.4 cm³/mol. The molecule has 7 nitrogen and oxygen atoms in total. The molecular weight excluding hydrogens is 366 g/mol. The van der Waals surface area contributed by atoms with Crippen LogP contribution < -0.4 is 15.4 Å². The first-order valence-electron chi connectivity index (χ1n) is 7.20. The molecule has 0 aromatic heterocycles. The molecule has 2 aromatic rings. The molecule has 0 heterocycles. The number of hydrogen-bond acceptors (Lipinski definition) is 5. The fourth-order valence-electron chi connectivity index (χ4n) is 1.95. The summed E-state index contributed by atoms with van der Waals surface area (Å²) in [5.74, 6) is 0.0193. The molecular formula is C16H14ClN3O4S. The maximum Gasteiger partial charge on any atom is 0.271 e. The van der Waals surface area contributed by atoms with E-state index in [1.807, 2.05) is 6.92 Å². The minimum Gasteiger partial charge on any atom is -0.492 e. The lowest BCUT2D eigenvalue weighted by Gasteiger charge is -2.11. The van der Waals surface area contributed by atoms with Crippen molar-refractivity contribution >= 4 is 46.2 Å². The number of anilines is 1. The summed E-state index contributed by atoms with van der Waals surface area (Å²) in [4.78, 5) is 22.4. The number of halogens is 1. The van der Waals surface area contributed by atoms with Crippen LogP contribution in [0.25, 0.3) is 0 Å². The Balaban J connectivity index is 2.03. The zero-order valence-electron chi connectivity index (χ0n) is 13.1. The van der Waals surface area contributed by atoms with Gasteiger partial charge in [0, 0.05) is 23.4 Å². The number of benzene rings is 2. The normalized spacial score (nSPS) is 10.0. The van der Waals surface area contributed by atoms with Gasteiger partial charge in [0.1, 0.15) is 5.75 Å². The zero-order chi connectivity index (χ0) is 18.4. The predicted octanol–water partition coefficient (Wildman–Crippen LogP) is 3.77. The van der Waals surface area contributed by atoms with E-state index in [0.29, 0.717) is 28.6 Å². The molecule has 0 unspecified atom stereocenters. The Morgan fingerprint density at radius 2 is 2.08 bits per heavy atom. The van der Waals surface area contributed by atoms with E-state index in [0.717, 1.165) is 0 Å². The number of carbonyl (C=O) groups excluding carboxylic acids is 1. The van der Waals surface area contributed by atoms with Crippen molar-refractivity contribution in [3.63, 3.8) is 0 Å². The average Bonchev–Trinajstić information content (AvgIpc) is 2.56. The van der Waals surface area contributed by atoms with Crippen molar-refractivity contribution in [3.05, 3.63) is 63.2 Å². The Bertz CT molecular complexity index is 829. The number of amides is 1. The third-order valence-corrected chi connectivity index (χ3v) is 3.54. The maximum atomic E-state index is 12.2. The molecule has 1 amide bonds. The number of ether oxygens (including phenoxy) is 1. The van der Waals surface area contributed by atoms with Crippen LogP contribution in [0.1, 0.15) is 17.3 Å². The summed E-state index contributed by atoms with van der Waals surface area (Å²) in [6, 6.07) is 10.4. The van der Waals surface area contributed by atoms with Crippen LogP contribution in [-0.2, 0) is 0 Å². The number of nitro groups is 1. The number of nitrogens with one attached hydrogen (secondary N) is 2. The fraction of sp³-hybridized carbons (Fsp3) is 0.125. The molecule has 0 aliphatic rings. The molecule has 0 atom stereocenters. The summed E-state index contributed by atoms with van der Waals surface area (Å²) in [6.07, 6.45) is 0. The van der Waals surface area contributed by atoms with Crippen LogP contribution in [0.2, 0.25) is 5.02 Å². The second-order valence-corrected chi connectivity index (χ2v) is 5.61. The smallest absolute Gasteiger partial charge is 0.271 e. The van der Waals surface area contributed by atoms with Crippen LogP contribution in [0.15, 0.2) is 42.5 Å². The number of nitro benzene ring substituents is 1. The molecule has 2 aromatic carbocycles. The highest BCUT2D eigenvalue weighted by Gasteiger charge is 2.12. The first kappa shape index (κ1) is 18.6. The number of carbonyl (C=O) groups is 1. The van der Waals surface area contributed by atoms with Gasteiger partial charge >= 0.3 is 0 Å². The van der Waals surface area contributed by atoms with Gasteiger partial charge in [-0.1, -0.05) is 17.7 Å². The lowest BCUT2D eigenvalue weighted by atomic mass is 10.2. The Morgan fingerprint density at radius 1 is 1.32 bits per heavy atom. The van der Waals surface area contributed by atoms with Gasteiger partial charge in [-0.15, -0.1) is 0 Å². The van der Waals surface area contributed by atoms with Crippen molar-refractivity contribution in [1.82, 2.24) is 5.32 Å². The van der Waals surface area contributed by atoms with E-state index in [9.17, 15) is 14.9 Å². The molecule has 0 saturated heterocycles. The first-order chi connectivity index (χ1) is 11.9. The second-order valence-electron chi connectivity index (χ2n) is 4.79. The summed E-state index contributed by atoms with van der Waals surface area (Å²) in [5.41, 5.74) is 0.610. The third-order valence-electron chi connectivity index (χ3n) is 3.04. The molecule has 25 heavy (non-hydrogen) atoms. The molecule has 0 aliphatic heterocycles. The Kier molecular flexibility index (Phi) is 6.26. The topological polar surface area (TPSA) is 93.5 Å². The van der Waals surface area contributed by atoms with Crippen LogP contribution >= 0.6 is 23.8 Å². The molecule has 130 valence electrons. The van der Waals surface area contributed by atoms with Crippen LogP contribution in [0, 0.1) is 10.1 Å². The van der Waals surface area contributed by atoms with Crippen LogP contribution in [0.4, 0.5) is 11.4 Å². The van der Waals surface area contributed by atoms with Gasteiger partial charge in [0.15, 0.2) is 5.11 Å². The molecule has 2 N–H and O–H groups in total. The molecule has 0 radical (unpaired) electrons. The van der Waals surface area contributed by atoms with Crippen molar-refractivity contribution < 1.29 is 14.5 Å². The highest BCUT2D eigenvalue weighted by Crippen LogP contribution is 2.25. The van der Waals surface area contributed by atoms with Crippen molar-refractivity contribution in [3.8, 4) is 5.75 Å². The van der Waals surface area contributed by atoms with E-state index < -0.39 is 10.8 Å². The van der Waals surface area contributed by atoms with Crippen molar-refractivity contribution in [1.29, 1.82) is 0 Å². The molecule has 9 heteroatoms. The van der Waals surface area contributed by atoms with Crippen LogP contribution in [0.3, 0.4) is 0 Å². The Hall–Kier alpha value is -2.71. The summed E-state index contributed by atoms with van der Waals surface area (Å²) < 4.78 is 5.31. The number of nitrogens with zero attached hydrogens (tertiary/aromatic N) is 1. The first-order valence-corrected chi connectivity index (χ1v) is 7.98. The van der Waals surface area contributed by atoms with Gasteiger partial charge in [0.2, 0.25) is 0 Å². The Labute approximate surface area is 154 Å². The number of non-ortho nitro benzene ring substituents is 1. The van der Waals surface area contributed by atoms with E-state index in [2.05, 4.69) is 10.6 Å². The lowest BCUT2D eigenvalue weighted by molar-refractivity contribution is -0.384.